The van der Waals surface area contributed by atoms with Crippen molar-refractivity contribution in [2.75, 3.05) is 5.32 Å². The van der Waals surface area contributed by atoms with Crippen molar-refractivity contribution in [1.29, 1.82) is 0 Å². The number of benzene rings is 2. The molecule has 0 radical (unpaired) electrons. The van der Waals surface area contributed by atoms with Gasteiger partial charge in [0.2, 0.25) is 5.91 Å². The molecular formula is C18H18N2OS2. The molecular weight excluding hydrogens is 324 g/mol. The molecule has 0 aliphatic carbocycles. The fourth-order valence-electron chi connectivity index (χ4n) is 2.16. The van der Waals surface area contributed by atoms with Gasteiger partial charge in [0.05, 0.1) is 10.9 Å². The van der Waals surface area contributed by atoms with Crippen LogP contribution in [0, 0.1) is 6.92 Å². The van der Waals surface area contributed by atoms with Gasteiger partial charge in [-0.15, -0.1) is 0 Å². The Kier molecular flexibility index (Phi) is 5.08. The average Bonchev–Trinajstić information content (AvgIpc) is 2.56. The topological polar surface area (TPSA) is 41.5 Å². The molecule has 0 fully saturated rings. The molecule has 0 spiro atoms. The van der Waals surface area contributed by atoms with Gasteiger partial charge >= 0.3 is 0 Å². The highest BCUT2D eigenvalue weighted by molar-refractivity contribution is 8.39. The lowest BCUT2D eigenvalue weighted by atomic mass is 10.2. The zero-order chi connectivity index (χ0) is 16.2. The van der Waals surface area contributed by atoms with Crippen molar-refractivity contribution < 1.29 is 4.79 Å². The van der Waals surface area contributed by atoms with Crippen LogP contribution in [-0.4, -0.2) is 15.5 Å². The molecule has 0 unspecified atom stereocenters. The van der Waals surface area contributed by atoms with E-state index in [1.807, 2.05) is 56.3 Å². The molecule has 3 nitrogen and oxygen atoms in total. The van der Waals surface area contributed by atoms with Gasteiger partial charge in [-0.3, -0.25) is 4.79 Å². The Balaban J connectivity index is 1.63. The number of carbonyl (C=O) groups is 1. The summed E-state index contributed by atoms with van der Waals surface area (Å²) in [6.07, 6.45) is 0. The van der Waals surface area contributed by atoms with Crippen LogP contribution in [0.5, 0.6) is 0 Å². The number of aryl methyl sites for hydroxylation is 1. The first kappa shape index (κ1) is 16.1. The Bertz CT molecular complexity index is 741. The molecule has 1 aliphatic rings. The smallest absolute Gasteiger partial charge is 0.237 e. The Hall–Kier alpha value is -1.72. The summed E-state index contributed by atoms with van der Waals surface area (Å²) >= 11 is 3.21. The second kappa shape index (κ2) is 7.23. The van der Waals surface area contributed by atoms with Crippen LogP contribution >= 0.6 is 23.5 Å². The molecule has 0 aromatic heterocycles. The van der Waals surface area contributed by atoms with Crippen molar-refractivity contribution in [3.8, 4) is 0 Å². The fraction of sp³-hybridized carbons (Fsp3) is 0.222. The van der Waals surface area contributed by atoms with Crippen LogP contribution in [0.2, 0.25) is 0 Å². The van der Waals surface area contributed by atoms with Crippen LogP contribution < -0.4 is 5.32 Å². The molecule has 0 bridgehead atoms. The molecule has 0 saturated heterocycles. The third-order valence-corrected chi connectivity index (χ3v) is 5.82. The zero-order valence-electron chi connectivity index (χ0n) is 13.1. The quantitative estimate of drug-likeness (QED) is 0.854. The number of rotatable bonds is 3. The maximum atomic E-state index is 12.3. The first-order valence-electron chi connectivity index (χ1n) is 7.45. The number of nitrogens with zero attached hydrogens (tertiary/aromatic N) is 1. The van der Waals surface area contributed by atoms with Crippen molar-refractivity contribution in [2.45, 2.75) is 24.9 Å². The molecule has 23 heavy (non-hydrogen) atoms. The van der Waals surface area contributed by atoms with Crippen molar-refractivity contribution >= 4 is 45.2 Å². The Morgan fingerprint density at radius 1 is 1.22 bits per heavy atom. The van der Waals surface area contributed by atoms with E-state index < -0.39 is 0 Å². The van der Waals surface area contributed by atoms with Gasteiger partial charge < -0.3 is 5.32 Å². The van der Waals surface area contributed by atoms with E-state index >= 15 is 0 Å². The Morgan fingerprint density at radius 2 is 1.96 bits per heavy atom. The minimum Gasteiger partial charge on any atom is -0.325 e. The lowest BCUT2D eigenvalue weighted by molar-refractivity contribution is -0.115. The third kappa shape index (κ3) is 4.18. The summed E-state index contributed by atoms with van der Waals surface area (Å²) in [5.41, 5.74) is 4.27. The summed E-state index contributed by atoms with van der Waals surface area (Å²) in [6.45, 7) is 3.94. The molecule has 2 aromatic carbocycles. The van der Waals surface area contributed by atoms with E-state index in [-0.39, 0.29) is 11.2 Å². The van der Waals surface area contributed by atoms with E-state index in [9.17, 15) is 4.79 Å². The van der Waals surface area contributed by atoms with Gasteiger partial charge in [-0.1, -0.05) is 59.4 Å². The van der Waals surface area contributed by atoms with Gasteiger partial charge in [-0.05, 0) is 37.6 Å². The van der Waals surface area contributed by atoms with Crippen LogP contribution in [-0.2, 0) is 10.5 Å². The van der Waals surface area contributed by atoms with E-state index in [1.54, 1.807) is 11.8 Å². The van der Waals surface area contributed by atoms with Crippen molar-refractivity contribution in [2.24, 2.45) is 4.99 Å². The summed E-state index contributed by atoms with van der Waals surface area (Å²) in [5.74, 6) is 0.912. The van der Waals surface area contributed by atoms with Gasteiger partial charge in [0.1, 0.15) is 4.38 Å². The first-order chi connectivity index (χ1) is 11.1. The van der Waals surface area contributed by atoms with Crippen LogP contribution in [0.1, 0.15) is 18.1 Å². The van der Waals surface area contributed by atoms with Crippen LogP contribution in [0.4, 0.5) is 11.4 Å². The largest absolute Gasteiger partial charge is 0.325 e. The third-order valence-electron chi connectivity index (χ3n) is 3.52. The van der Waals surface area contributed by atoms with Gasteiger partial charge in [-0.25, -0.2) is 4.99 Å². The van der Waals surface area contributed by atoms with Gasteiger partial charge in [0.15, 0.2) is 0 Å². The molecule has 1 aliphatic heterocycles. The number of para-hydroxylation sites is 1. The van der Waals surface area contributed by atoms with E-state index in [4.69, 9.17) is 0 Å². The van der Waals surface area contributed by atoms with Crippen molar-refractivity contribution in [1.82, 2.24) is 0 Å². The standard InChI is InChI=1S/C18H18N2OS2/c1-12-7-9-15(10-8-12)19-17(21)13(2)23-18-20-16-6-4-3-5-14(16)11-22-18/h3-10,13H,11H2,1-2H3,(H,19,21)/t13-/m0/s1. The summed E-state index contributed by atoms with van der Waals surface area (Å²) in [4.78, 5) is 17.0. The van der Waals surface area contributed by atoms with Crippen molar-refractivity contribution in [3.63, 3.8) is 0 Å². The number of nitrogens with one attached hydrogen (secondary N) is 1. The SMILES string of the molecule is Cc1ccc(NC(=O)[C@H](C)SC2=Nc3ccccc3CS2)cc1. The molecule has 1 N–H and O–H groups in total. The summed E-state index contributed by atoms with van der Waals surface area (Å²) < 4.78 is 0.954. The number of hydrogen-bond acceptors (Lipinski definition) is 4. The number of hydrogen-bond donors (Lipinski definition) is 1. The molecule has 1 atom stereocenters. The number of amides is 1. The lowest BCUT2D eigenvalue weighted by Crippen LogP contribution is -2.23. The second-order valence-electron chi connectivity index (χ2n) is 5.41. The van der Waals surface area contributed by atoms with Crippen molar-refractivity contribution in [3.05, 3.63) is 59.7 Å². The highest BCUT2D eigenvalue weighted by Gasteiger charge is 2.20. The number of thioether (sulfide) groups is 2. The summed E-state index contributed by atoms with van der Waals surface area (Å²) in [6, 6.07) is 16.0. The molecule has 3 rings (SSSR count). The molecule has 1 heterocycles. The number of fused-ring (bicyclic) bond motifs is 1. The summed E-state index contributed by atoms with van der Waals surface area (Å²) in [7, 11) is 0. The Labute approximate surface area is 145 Å². The van der Waals surface area contributed by atoms with E-state index in [2.05, 4.69) is 16.4 Å². The highest BCUT2D eigenvalue weighted by Crippen LogP contribution is 2.35. The van der Waals surface area contributed by atoms with E-state index in [1.165, 1.54) is 22.9 Å². The first-order valence-corrected chi connectivity index (χ1v) is 9.32. The monoisotopic (exact) mass is 342 g/mol. The fourth-order valence-corrected chi connectivity index (χ4v) is 4.35. The number of aliphatic imine (C=N–C) groups is 1. The minimum atomic E-state index is -0.187. The van der Waals surface area contributed by atoms with Gasteiger partial charge in [0.25, 0.3) is 0 Å². The van der Waals surface area contributed by atoms with Crippen LogP contribution in [0.3, 0.4) is 0 Å². The predicted molar refractivity (Wildman–Crippen MR) is 102 cm³/mol. The number of carbonyl (C=O) groups excluding carboxylic acids is 1. The molecule has 118 valence electrons. The normalized spacial score (nSPS) is 14.6. The maximum absolute atomic E-state index is 12.3. The van der Waals surface area contributed by atoms with Crippen LogP contribution in [0.15, 0.2) is 53.5 Å². The van der Waals surface area contributed by atoms with Gasteiger partial charge in [-0.2, -0.15) is 0 Å². The highest BCUT2D eigenvalue weighted by atomic mass is 32.2. The summed E-state index contributed by atoms with van der Waals surface area (Å²) in [5, 5.41) is 2.77. The predicted octanol–water partition coefficient (Wildman–Crippen LogP) is 4.99. The molecule has 0 saturated carbocycles. The number of anilines is 1. The van der Waals surface area contributed by atoms with E-state index in [0.29, 0.717) is 0 Å². The average molecular weight is 342 g/mol. The molecule has 5 heteroatoms. The zero-order valence-corrected chi connectivity index (χ0v) is 14.7. The second-order valence-corrected chi connectivity index (χ2v) is 7.96. The van der Waals surface area contributed by atoms with E-state index in [0.717, 1.165) is 21.5 Å². The molecule has 1 amide bonds. The molecule has 2 aromatic rings. The maximum Gasteiger partial charge on any atom is 0.237 e. The Morgan fingerprint density at radius 3 is 2.74 bits per heavy atom. The lowest BCUT2D eigenvalue weighted by Gasteiger charge is -2.17. The minimum absolute atomic E-state index is 0.000937. The van der Waals surface area contributed by atoms with Gasteiger partial charge in [0, 0.05) is 11.4 Å². The van der Waals surface area contributed by atoms with Crippen LogP contribution in [0.25, 0.3) is 0 Å².